The minimum absolute atomic E-state index is 0.461. The van der Waals surface area contributed by atoms with E-state index in [1.807, 2.05) is 0 Å². The fourth-order valence-electron chi connectivity index (χ4n) is 0.311. The second-order valence-electron chi connectivity index (χ2n) is 1.13. The third-order valence-corrected chi connectivity index (χ3v) is 0.583. The molecule has 0 aromatic carbocycles. The molecule has 2 heteroatoms. The van der Waals surface area contributed by atoms with Gasteiger partial charge in [0.1, 0.15) is 5.70 Å². The maximum atomic E-state index is 5.18. The van der Waals surface area contributed by atoms with Gasteiger partial charge >= 0.3 is 0 Å². The van der Waals surface area contributed by atoms with Crippen molar-refractivity contribution in [3.8, 4) is 0 Å². The topological polar surface area (TPSA) is 26.5 Å². The zero-order valence-corrected chi connectivity index (χ0v) is 3.70. The molecule has 1 heterocycles. The van der Waals surface area contributed by atoms with Gasteiger partial charge in [-0.25, -0.2) is 0 Å². The van der Waals surface area contributed by atoms with Crippen molar-refractivity contribution >= 4 is 6.21 Å². The molecule has 1 aliphatic heterocycles. The van der Waals surface area contributed by atoms with Crippen LogP contribution in [-0.2, 0) is 0 Å². The van der Waals surface area contributed by atoms with Crippen LogP contribution in [0.4, 0.5) is 0 Å². The zero-order chi connectivity index (χ0) is 5.11. The van der Waals surface area contributed by atoms with Crippen LogP contribution >= 0.6 is 0 Å². The summed E-state index contributed by atoms with van der Waals surface area (Å²) in [6, 6.07) is 0. The number of rotatable bonds is 0. The molecule has 0 radical (unpaired) electrons. The third kappa shape index (κ3) is 0.845. The van der Waals surface area contributed by atoms with E-state index in [4.69, 9.17) is 6.58 Å². The smallest absolute Gasteiger partial charge is 0.153 e. The highest BCUT2D eigenvalue weighted by molar-refractivity contribution is 5.82. The lowest BCUT2D eigenvalue weighted by Gasteiger charge is -2.06. The number of hydrogen-bond donors (Lipinski definition) is 0. The molecule has 2 nitrogen and oxygen atoms in total. The van der Waals surface area contributed by atoms with E-state index < -0.39 is 0 Å². The van der Waals surface area contributed by atoms with Gasteiger partial charge in [-0.3, -0.25) is 0 Å². The van der Waals surface area contributed by atoms with E-state index in [0.717, 1.165) is 0 Å². The number of allylic oxidation sites excluding steroid dienone is 1. The molecule has 7 heavy (non-hydrogen) atoms. The predicted molar refractivity (Wildman–Crippen MR) is 28.8 cm³/mol. The lowest BCUT2D eigenvalue weighted by molar-refractivity contribution is 1.50. The Balaban J connectivity index is 2.66. The van der Waals surface area contributed by atoms with E-state index in [9.17, 15) is 0 Å². The van der Waals surface area contributed by atoms with Gasteiger partial charge in [0.05, 0.1) is 0 Å². The van der Waals surface area contributed by atoms with E-state index >= 15 is 0 Å². The molecular weight excluding hydrogens is 88.1 g/mol. The summed E-state index contributed by atoms with van der Waals surface area (Å²) in [5.41, 5.74) is 0.461. The predicted octanol–water partition coefficient (Wildman–Crippen LogP) is 1.23. The van der Waals surface area contributed by atoms with Crippen molar-refractivity contribution in [1.29, 1.82) is 0 Å². The normalized spacial score (nSPS) is 16.7. The van der Waals surface area contributed by atoms with Crippen LogP contribution in [0.1, 0.15) is 0 Å². The highest BCUT2D eigenvalue weighted by atomic mass is 14.9. The lowest BCUT2D eigenvalue weighted by Crippen LogP contribution is -1.80. The van der Waals surface area contributed by atoms with Gasteiger partial charge in [0, 0.05) is 12.8 Å². The summed E-state index contributed by atoms with van der Waals surface area (Å²) < 4.78 is 0. The van der Waals surface area contributed by atoms with Crippen LogP contribution in [0.5, 0.6) is 0 Å². The number of nitrogens with zero attached hydrogens (tertiary/aromatic N) is 2. The molecule has 1 rings (SSSR count). The molecule has 0 amide bonds. The van der Waals surface area contributed by atoms with Crippen molar-refractivity contribution in [2.24, 2.45) is 4.99 Å². The Labute approximate surface area is 42.3 Å². The largest absolute Gasteiger partial charge is 0.618 e. The summed E-state index contributed by atoms with van der Waals surface area (Å²) in [7, 11) is 0. The van der Waals surface area contributed by atoms with Gasteiger partial charge in [0.2, 0.25) is 0 Å². The maximum absolute atomic E-state index is 5.18. The van der Waals surface area contributed by atoms with Crippen molar-refractivity contribution in [3.63, 3.8) is 0 Å². The van der Waals surface area contributed by atoms with Crippen molar-refractivity contribution in [2.45, 2.75) is 0 Å². The molecule has 0 saturated carbocycles. The van der Waals surface area contributed by atoms with E-state index in [1.165, 1.54) is 6.21 Å². The first-order valence-corrected chi connectivity index (χ1v) is 1.91. The second-order valence-corrected chi connectivity index (χ2v) is 1.13. The summed E-state index contributed by atoms with van der Waals surface area (Å²) in [6.45, 7) is 5.18. The molecule has 0 atom stereocenters. The van der Waals surface area contributed by atoms with E-state index in [0.29, 0.717) is 5.70 Å². The van der Waals surface area contributed by atoms with Crippen LogP contribution in [-0.4, -0.2) is 6.21 Å². The van der Waals surface area contributed by atoms with Gasteiger partial charge < -0.3 is 5.32 Å². The average Bonchev–Trinajstić information content (AvgIpc) is 1.69. The second kappa shape index (κ2) is 1.54. The van der Waals surface area contributed by atoms with Crippen LogP contribution in [0.2, 0.25) is 0 Å². The molecule has 0 aliphatic carbocycles. The standard InChI is InChI=1S/C5H4N2/c1-5-4-6-2-3-7-5/h1-4H. The first-order valence-electron chi connectivity index (χ1n) is 1.91. The van der Waals surface area contributed by atoms with Crippen molar-refractivity contribution in [2.75, 3.05) is 0 Å². The Morgan fingerprint density at radius 3 is 2.86 bits per heavy atom. The molecule has 1 aliphatic rings. The Bertz CT molecular complexity index is 133. The molecule has 0 spiro atoms. The first kappa shape index (κ1) is 4.03. The van der Waals surface area contributed by atoms with Crippen LogP contribution in [0.3, 0.4) is 0 Å². The lowest BCUT2D eigenvalue weighted by atomic mass is 10.5. The van der Waals surface area contributed by atoms with Gasteiger partial charge in [-0.2, -0.15) is 11.2 Å². The summed E-state index contributed by atoms with van der Waals surface area (Å²) >= 11 is 0. The summed E-state index contributed by atoms with van der Waals surface area (Å²) in [5.74, 6) is 0. The van der Waals surface area contributed by atoms with Crippen LogP contribution in [0.15, 0.2) is 23.1 Å². The average molecular weight is 92.1 g/mol. The van der Waals surface area contributed by atoms with Gasteiger partial charge in [0.15, 0.2) is 6.21 Å². The van der Waals surface area contributed by atoms with Crippen molar-refractivity contribution in [1.82, 2.24) is 0 Å². The first-order chi connectivity index (χ1) is 3.39. The fraction of sp³-hybridized carbons (Fsp3) is 0. The van der Waals surface area contributed by atoms with Crippen LogP contribution in [0.25, 0.3) is 5.32 Å². The van der Waals surface area contributed by atoms with Gasteiger partial charge in [-0.05, 0) is 0 Å². The number of hydrogen-bond acceptors (Lipinski definition) is 1. The Hall–Kier alpha value is -1.14. The highest BCUT2D eigenvalue weighted by Crippen LogP contribution is 2.03. The van der Waals surface area contributed by atoms with E-state index in [1.54, 1.807) is 12.4 Å². The minimum atomic E-state index is 0.461. The minimum Gasteiger partial charge on any atom is -0.618 e. The molecule has 0 unspecified atom stereocenters. The van der Waals surface area contributed by atoms with Gasteiger partial charge in [-0.15, -0.1) is 0 Å². The summed E-state index contributed by atoms with van der Waals surface area (Å²) in [6.07, 6.45) is 4.63. The molecule has 0 aromatic heterocycles. The van der Waals surface area contributed by atoms with E-state index in [2.05, 4.69) is 10.3 Å². The maximum Gasteiger partial charge on any atom is 0.153 e. The number of aliphatic imine (C=N–C) groups is 1. The molecule has 0 fully saturated rings. The Morgan fingerprint density at radius 1 is 1.71 bits per heavy atom. The molecule has 0 bridgehead atoms. The summed E-state index contributed by atoms with van der Waals surface area (Å²) in [4.78, 5) is 3.70. The SMILES string of the molecule is [CH+]=C1C=NC=C[N-]1. The summed E-state index contributed by atoms with van der Waals surface area (Å²) in [5, 5.41) is 3.69. The third-order valence-electron chi connectivity index (χ3n) is 0.583. The molecule has 0 N–H and O–H groups in total. The Kier molecular flexibility index (Phi) is 0.886. The molecule has 0 saturated heterocycles. The van der Waals surface area contributed by atoms with E-state index in [-0.39, 0.29) is 0 Å². The fourth-order valence-corrected chi connectivity index (χ4v) is 0.311. The monoisotopic (exact) mass is 92.0 g/mol. The van der Waals surface area contributed by atoms with Crippen molar-refractivity contribution in [3.05, 3.63) is 30.0 Å². The van der Waals surface area contributed by atoms with Gasteiger partial charge in [0.25, 0.3) is 0 Å². The molecular formula is C5H4N2. The van der Waals surface area contributed by atoms with Crippen LogP contribution < -0.4 is 0 Å². The molecule has 34 valence electrons. The van der Waals surface area contributed by atoms with Gasteiger partial charge in [-0.1, -0.05) is 0 Å². The zero-order valence-electron chi connectivity index (χ0n) is 3.70. The quantitative estimate of drug-likeness (QED) is 0.402. The molecule has 0 aromatic rings. The van der Waals surface area contributed by atoms with Crippen molar-refractivity contribution < 1.29 is 0 Å². The Morgan fingerprint density at radius 2 is 2.57 bits per heavy atom. The highest BCUT2D eigenvalue weighted by Gasteiger charge is 1.83. The van der Waals surface area contributed by atoms with Crippen LogP contribution in [0, 0.1) is 6.58 Å².